The zero-order valence-electron chi connectivity index (χ0n) is 19.6. The largest absolute Gasteiger partial charge is 0.461 e. The predicted octanol–water partition coefficient (Wildman–Crippen LogP) is 4.62. The van der Waals surface area contributed by atoms with Crippen LogP contribution in [0.25, 0.3) is 0 Å². The first-order valence-corrected chi connectivity index (χ1v) is 13.2. The van der Waals surface area contributed by atoms with Crippen LogP contribution in [0.1, 0.15) is 49.9 Å². The highest BCUT2D eigenvalue weighted by Crippen LogP contribution is 2.34. The molecule has 1 atom stereocenters. The van der Waals surface area contributed by atoms with Crippen molar-refractivity contribution in [1.29, 1.82) is 0 Å². The van der Waals surface area contributed by atoms with Crippen LogP contribution >= 0.6 is 11.6 Å². The first kappa shape index (κ1) is 27.9. The predicted molar refractivity (Wildman–Crippen MR) is 128 cm³/mol. The van der Waals surface area contributed by atoms with Gasteiger partial charge in [-0.25, -0.2) is 21.6 Å². The van der Waals surface area contributed by atoms with Crippen molar-refractivity contribution < 1.29 is 35.9 Å². The third-order valence-corrected chi connectivity index (χ3v) is 8.82. The van der Waals surface area contributed by atoms with Crippen molar-refractivity contribution in [1.82, 2.24) is 0 Å². The number of halogens is 4. The molecule has 1 fully saturated rings. The Labute approximate surface area is 212 Å². The minimum atomic E-state index is -3.97. The molecule has 3 N–H and O–H groups in total. The molecule has 2 aromatic rings. The van der Waals surface area contributed by atoms with Gasteiger partial charge in [-0.2, -0.15) is 0 Å². The maximum Gasteiger partial charge on any atom is 0.323 e. The minimum Gasteiger partial charge on any atom is -0.461 e. The van der Waals surface area contributed by atoms with Gasteiger partial charge in [-0.15, -0.1) is 0 Å². The van der Waals surface area contributed by atoms with Gasteiger partial charge in [0, 0.05) is 23.4 Å². The van der Waals surface area contributed by atoms with Crippen molar-refractivity contribution >= 4 is 39.0 Å². The van der Waals surface area contributed by atoms with Crippen LogP contribution in [0.3, 0.4) is 0 Å². The monoisotopic (exact) mass is 546 g/mol. The van der Waals surface area contributed by atoms with Gasteiger partial charge in [0.05, 0.1) is 15.2 Å². The molecule has 0 bridgehead atoms. The zero-order chi connectivity index (χ0) is 26.8. The Balaban J connectivity index is 1.73. The smallest absolute Gasteiger partial charge is 0.323 e. The Bertz CT molecular complexity index is 1240. The molecule has 2 aromatic carbocycles. The summed E-state index contributed by atoms with van der Waals surface area (Å²) in [7, 11) is -3.97. The highest BCUT2D eigenvalue weighted by molar-refractivity contribution is 7.92. The minimum absolute atomic E-state index is 0.0954. The van der Waals surface area contributed by atoms with Gasteiger partial charge in [-0.3, -0.25) is 9.59 Å². The molecule has 0 radical (unpaired) electrons. The maximum atomic E-state index is 13.4. The topological polar surface area (TPSA) is 116 Å². The number of carbonyl (C=O) groups is 2. The molecule has 3 rings (SSSR count). The van der Waals surface area contributed by atoms with E-state index in [-0.39, 0.29) is 39.9 Å². The summed E-state index contributed by atoms with van der Waals surface area (Å²) in [5.41, 5.74) is 5.33. The van der Waals surface area contributed by atoms with Gasteiger partial charge in [-0.05, 0) is 49.8 Å². The lowest BCUT2D eigenvalue weighted by molar-refractivity contribution is -0.153. The molecule has 1 unspecified atom stereocenters. The number of esters is 1. The second kappa shape index (κ2) is 11.2. The van der Waals surface area contributed by atoms with E-state index in [4.69, 9.17) is 22.1 Å². The van der Waals surface area contributed by atoms with Gasteiger partial charge in [-0.1, -0.05) is 25.4 Å². The molecule has 36 heavy (non-hydrogen) atoms. The number of rotatable bonds is 7. The summed E-state index contributed by atoms with van der Waals surface area (Å²) < 4.78 is 72.1. The van der Waals surface area contributed by atoms with Gasteiger partial charge in [0.15, 0.2) is 27.3 Å². The van der Waals surface area contributed by atoms with E-state index in [0.717, 1.165) is 6.07 Å². The van der Waals surface area contributed by atoms with Gasteiger partial charge < -0.3 is 15.8 Å². The highest BCUT2D eigenvalue weighted by Gasteiger charge is 2.35. The molecule has 1 amide bonds. The van der Waals surface area contributed by atoms with Crippen molar-refractivity contribution in [2.24, 2.45) is 11.7 Å². The first-order valence-electron chi connectivity index (χ1n) is 11.3. The lowest BCUT2D eigenvalue weighted by atomic mass is 9.97. The third-order valence-electron chi connectivity index (χ3n) is 6.07. The van der Waals surface area contributed by atoms with Crippen molar-refractivity contribution in [2.75, 3.05) is 5.32 Å². The van der Waals surface area contributed by atoms with Crippen LogP contribution in [0, 0.1) is 23.4 Å². The molecule has 0 spiro atoms. The molecule has 1 aliphatic carbocycles. The Morgan fingerprint density at radius 3 is 2.19 bits per heavy atom. The van der Waals surface area contributed by atoms with Gasteiger partial charge in [0.1, 0.15) is 12.1 Å². The highest BCUT2D eigenvalue weighted by atomic mass is 35.5. The summed E-state index contributed by atoms with van der Waals surface area (Å²) in [6.07, 6.45) is 0.605. The van der Waals surface area contributed by atoms with Crippen LogP contribution in [0.4, 0.5) is 18.9 Å². The van der Waals surface area contributed by atoms with Crippen molar-refractivity contribution in [3.63, 3.8) is 0 Å². The Hall–Kier alpha value is -2.63. The summed E-state index contributed by atoms with van der Waals surface area (Å²) >= 11 is 6.15. The number of ether oxygens (including phenoxy) is 1. The van der Waals surface area contributed by atoms with E-state index >= 15 is 0 Å². The fourth-order valence-corrected chi connectivity index (χ4v) is 6.17. The third kappa shape index (κ3) is 6.19. The molecule has 1 saturated carbocycles. The fraction of sp³-hybridized carbons (Fsp3) is 0.417. The van der Waals surface area contributed by atoms with Crippen LogP contribution in [-0.4, -0.2) is 37.7 Å². The van der Waals surface area contributed by atoms with Crippen LogP contribution in [-0.2, 0) is 19.4 Å². The van der Waals surface area contributed by atoms with E-state index in [1.807, 2.05) is 0 Å². The van der Waals surface area contributed by atoms with Crippen molar-refractivity contribution in [3.05, 3.63) is 58.4 Å². The lowest BCUT2D eigenvalue weighted by Gasteiger charge is -2.29. The van der Waals surface area contributed by atoms with Crippen molar-refractivity contribution in [3.8, 4) is 0 Å². The lowest BCUT2D eigenvalue weighted by Crippen LogP contribution is -2.40. The standard InChI is InChI=1S/C24H26ClF3N2O5S/c1-12(2)22(29)24(32)35-15-4-6-16(7-5-15)36(33,34)20-9-13(3-8-17(20)25)23(31)30-14-10-18(26)21(28)19(27)11-14/h3,8-12,15-16,22H,4-7,29H2,1-2H3,(H,30,31). The summed E-state index contributed by atoms with van der Waals surface area (Å²) in [4.78, 5) is 24.4. The molecule has 0 aliphatic heterocycles. The Morgan fingerprint density at radius 1 is 1.06 bits per heavy atom. The van der Waals surface area contributed by atoms with E-state index in [9.17, 15) is 31.2 Å². The van der Waals surface area contributed by atoms with Crippen LogP contribution in [0.15, 0.2) is 35.2 Å². The first-order chi connectivity index (χ1) is 16.8. The van der Waals surface area contributed by atoms with E-state index in [0.29, 0.717) is 25.0 Å². The van der Waals surface area contributed by atoms with Gasteiger partial charge >= 0.3 is 5.97 Å². The number of benzene rings is 2. The quantitative estimate of drug-likeness (QED) is 0.387. The zero-order valence-corrected chi connectivity index (χ0v) is 21.1. The molecule has 1 aliphatic rings. The number of carbonyl (C=O) groups excluding carboxylic acids is 2. The van der Waals surface area contributed by atoms with Gasteiger partial charge in [0.25, 0.3) is 5.91 Å². The number of nitrogens with two attached hydrogens (primary N) is 1. The molecule has 0 heterocycles. The van der Waals surface area contributed by atoms with E-state index in [1.165, 1.54) is 12.1 Å². The Morgan fingerprint density at radius 2 is 1.64 bits per heavy atom. The fourth-order valence-electron chi connectivity index (χ4n) is 3.85. The van der Waals surface area contributed by atoms with Crippen LogP contribution in [0.2, 0.25) is 5.02 Å². The number of hydrogen-bond acceptors (Lipinski definition) is 6. The normalized spacial score (nSPS) is 19.1. The average Bonchev–Trinajstić information content (AvgIpc) is 2.82. The molecule has 196 valence electrons. The van der Waals surface area contributed by atoms with Crippen LogP contribution < -0.4 is 11.1 Å². The van der Waals surface area contributed by atoms with Crippen LogP contribution in [0.5, 0.6) is 0 Å². The second-order valence-electron chi connectivity index (χ2n) is 9.00. The summed E-state index contributed by atoms with van der Waals surface area (Å²) in [6, 6.07) is 4.00. The molecule has 12 heteroatoms. The summed E-state index contributed by atoms with van der Waals surface area (Å²) in [5, 5.41) is 1.29. The van der Waals surface area contributed by atoms with E-state index in [1.54, 1.807) is 13.8 Å². The Kier molecular flexibility index (Phi) is 8.68. The SMILES string of the molecule is CC(C)C(N)C(=O)OC1CCC(S(=O)(=O)c2cc(C(=O)Nc3cc(F)c(F)c(F)c3)ccc2Cl)CC1. The average molecular weight is 547 g/mol. The molecular formula is C24H26ClF3N2O5S. The molecule has 0 aromatic heterocycles. The van der Waals surface area contributed by atoms with Gasteiger partial charge in [0.2, 0.25) is 0 Å². The molecule has 0 saturated heterocycles. The number of sulfone groups is 1. The molecular weight excluding hydrogens is 521 g/mol. The maximum absolute atomic E-state index is 13.4. The number of nitrogens with one attached hydrogen (secondary N) is 1. The summed E-state index contributed by atoms with van der Waals surface area (Å²) in [5.74, 6) is -6.15. The van der Waals surface area contributed by atoms with Crippen molar-refractivity contribution in [2.45, 2.75) is 61.8 Å². The summed E-state index contributed by atoms with van der Waals surface area (Å²) in [6.45, 7) is 3.59. The number of hydrogen-bond donors (Lipinski definition) is 2. The van der Waals surface area contributed by atoms with E-state index in [2.05, 4.69) is 5.32 Å². The number of amides is 1. The molecule has 7 nitrogen and oxygen atoms in total. The number of anilines is 1. The van der Waals surface area contributed by atoms with E-state index < -0.39 is 56.6 Å². The second-order valence-corrected chi connectivity index (χ2v) is 11.6.